The first-order chi connectivity index (χ1) is 22.1. The van der Waals surface area contributed by atoms with Crippen LogP contribution in [-0.4, -0.2) is 64.1 Å². The van der Waals surface area contributed by atoms with Gasteiger partial charge in [0.2, 0.25) is 10.0 Å². The Hall–Kier alpha value is -3.08. The number of cyclic esters (lactones) is 1. The highest BCUT2D eigenvalue weighted by molar-refractivity contribution is 7.90. The molecule has 2 bridgehead atoms. The lowest BCUT2D eigenvalue weighted by Gasteiger charge is -2.46. The van der Waals surface area contributed by atoms with Crippen LogP contribution in [0.4, 0.5) is 5.69 Å². The van der Waals surface area contributed by atoms with Gasteiger partial charge in [0.25, 0.3) is 5.91 Å². The Morgan fingerprint density at radius 2 is 1.93 bits per heavy atom. The number of halogens is 1. The maximum Gasteiger partial charge on any atom is 0.335 e. The molecule has 3 aliphatic heterocycles. The molecule has 6 atom stereocenters. The van der Waals surface area contributed by atoms with E-state index in [9.17, 15) is 18.0 Å². The molecule has 9 nitrogen and oxygen atoms in total. The van der Waals surface area contributed by atoms with E-state index in [1.54, 1.807) is 25.1 Å². The molecule has 1 N–H and O–H groups in total. The molecular formula is C35H41ClN2O7S. The molecule has 7 rings (SSSR count). The first-order valence-electron chi connectivity index (χ1n) is 16.5. The number of hydrogen-bond acceptors (Lipinski definition) is 8. The van der Waals surface area contributed by atoms with Gasteiger partial charge in [0.1, 0.15) is 5.75 Å². The predicted molar refractivity (Wildman–Crippen MR) is 175 cm³/mol. The summed E-state index contributed by atoms with van der Waals surface area (Å²) in [6.45, 7) is 3.83. The number of allylic oxidation sites excluding steroid dienone is 1. The van der Waals surface area contributed by atoms with Crippen LogP contribution in [0.25, 0.3) is 0 Å². The monoisotopic (exact) mass is 668 g/mol. The van der Waals surface area contributed by atoms with Crippen LogP contribution in [0.1, 0.15) is 73.4 Å². The molecule has 2 fully saturated rings. The van der Waals surface area contributed by atoms with Crippen molar-refractivity contribution in [1.29, 1.82) is 0 Å². The third kappa shape index (κ3) is 6.04. The number of aryl methyl sites for hydroxylation is 1. The summed E-state index contributed by atoms with van der Waals surface area (Å²) in [7, 11) is -3.92. The summed E-state index contributed by atoms with van der Waals surface area (Å²) in [5, 5.41) is -0.0591. The zero-order valence-corrected chi connectivity index (χ0v) is 27.7. The first-order valence-corrected chi connectivity index (χ1v) is 18.4. The van der Waals surface area contributed by atoms with E-state index in [0.29, 0.717) is 51.3 Å². The molecular weight excluding hydrogens is 628 g/mol. The smallest absolute Gasteiger partial charge is 0.335 e. The van der Waals surface area contributed by atoms with Gasteiger partial charge in [-0.1, -0.05) is 29.8 Å². The molecule has 1 spiro atoms. The lowest BCUT2D eigenvalue weighted by molar-refractivity contribution is -0.152. The predicted octanol–water partition coefficient (Wildman–Crippen LogP) is 5.34. The Kier molecular flexibility index (Phi) is 8.57. The number of amides is 1. The highest BCUT2D eigenvalue weighted by Gasteiger charge is 2.45. The molecule has 1 amide bonds. The SMILES string of the molecule is C[C@@H]1CC/C=C/[C@H](O[C@H]2CCOC2=O)[C@@H]2CC[C@H]2CN2C[C@@]3(CCCc4cc(Cl)ccc43)COc3ccc(cc32)C(=O)NS1(=O)=O. The fourth-order valence-corrected chi connectivity index (χ4v) is 9.10. The molecule has 2 aromatic rings. The second-order valence-corrected chi connectivity index (χ2v) is 16.2. The van der Waals surface area contributed by atoms with Gasteiger partial charge in [-0.2, -0.15) is 0 Å². The van der Waals surface area contributed by atoms with Crippen molar-refractivity contribution in [2.45, 2.75) is 81.2 Å². The number of ether oxygens (including phenoxy) is 3. The normalized spacial score (nSPS) is 33.0. The van der Waals surface area contributed by atoms with Gasteiger partial charge in [-0.3, -0.25) is 4.79 Å². The number of nitrogens with one attached hydrogen (secondary N) is 1. The fraction of sp³-hybridized carbons (Fsp3) is 0.543. The van der Waals surface area contributed by atoms with Gasteiger partial charge in [-0.25, -0.2) is 17.9 Å². The van der Waals surface area contributed by atoms with Crippen molar-refractivity contribution in [1.82, 2.24) is 4.72 Å². The second kappa shape index (κ2) is 12.5. The van der Waals surface area contributed by atoms with Crippen LogP contribution in [0, 0.1) is 11.8 Å². The van der Waals surface area contributed by atoms with Crippen molar-refractivity contribution in [3.8, 4) is 5.75 Å². The van der Waals surface area contributed by atoms with Crippen LogP contribution in [0.15, 0.2) is 48.6 Å². The van der Waals surface area contributed by atoms with E-state index in [-0.39, 0.29) is 34.9 Å². The quantitative estimate of drug-likeness (QED) is 0.338. The third-order valence-electron chi connectivity index (χ3n) is 10.7. The van der Waals surface area contributed by atoms with Gasteiger partial charge < -0.3 is 19.1 Å². The van der Waals surface area contributed by atoms with E-state index in [0.717, 1.165) is 42.8 Å². The number of hydrogen-bond donors (Lipinski definition) is 1. The highest BCUT2D eigenvalue weighted by Crippen LogP contribution is 2.47. The van der Waals surface area contributed by atoms with Crippen LogP contribution in [0.2, 0.25) is 5.02 Å². The zero-order chi connectivity index (χ0) is 32.1. The summed E-state index contributed by atoms with van der Waals surface area (Å²) in [5.74, 6) is 0.145. The molecule has 3 heterocycles. The van der Waals surface area contributed by atoms with Gasteiger partial charge in [0, 0.05) is 35.5 Å². The Morgan fingerprint density at radius 1 is 1.07 bits per heavy atom. The zero-order valence-electron chi connectivity index (χ0n) is 26.1. The number of fused-ring (bicyclic) bond motifs is 4. The minimum absolute atomic E-state index is 0.172. The standard InChI is InChI=1S/C35H41ClN2O7S/c1-22-5-2-3-7-30(45-32-14-16-43-34(32)40)27-11-8-25(27)19-38-20-35(15-4-6-23-17-26(36)10-12-28(23)35)21-44-31-13-9-24(18-29(31)38)33(39)37-46(22,41)42/h3,7,9-10,12-13,17-18,22,25,27,30,32H,2,4-6,8,11,14-16,19-21H2,1H3,(H,37,39)/b7-3+/t22-,25+,27-,30+,32+,35+/m1/s1. The molecule has 46 heavy (non-hydrogen) atoms. The number of sulfonamides is 1. The van der Waals surface area contributed by atoms with E-state index in [2.05, 4.69) is 21.8 Å². The molecule has 0 radical (unpaired) electrons. The molecule has 2 aromatic carbocycles. The average molecular weight is 669 g/mol. The van der Waals surface area contributed by atoms with Crippen molar-refractivity contribution in [3.63, 3.8) is 0 Å². The van der Waals surface area contributed by atoms with E-state index in [4.69, 9.17) is 25.8 Å². The van der Waals surface area contributed by atoms with Crippen molar-refractivity contribution >= 4 is 39.2 Å². The van der Waals surface area contributed by atoms with Gasteiger partial charge in [0.15, 0.2) is 6.10 Å². The molecule has 1 saturated heterocycles. The number of carbonyl (C=O) groups excluding carboxylic acids is 2. The highest BCUT2D eigenvalue weighted by atomic mass is 35.5. The van der Waals surface area contributed by atoms with Crippen LogP contribution in [0.3, 0.4) is 0 Å². The summed E-state index contributed by atoms with van der Waals surface area (Å²) in [6, 6.07) is 11.4. The van der Waals surface area contributed by atoms with Crippen LogP contribution in [0.5, 0.6) is 5.75 Å². The fourth-order valence-electron chi connectivity index (χ4n) is 7.88. The van der Waals surface area contributed by atoms with E-state index >= 15 is 0 Å². The molecule has 0 aromatic heterocycles. The van der Waals surface area contributed by atoms with Crippen LogP contribution in [-0.2, 0) is 36.1 Å². The topological polar surface area (TPSA) is 111 Å². The largest absolute Gasteiger partial charge is 0.490 e. The molecule has 11 heteroatoms. The van der Waals surface area contributed by atoms with Gasteiger partial charge in [-0.15, -0.1) is 0 Å². The van der Waals surface area contributed by atoms with Gasteiger partial charge in [-0.05, 0) is 105 Å². The van der Waals surface area contributed by atoms with Gasteiger partial charge >= 0.3 is 5.97 Å². The minimum atomic E-state index is -3.92. The number of esters is 1. The van der Waals surface area contributed by atoms with Crippen molar-refractivity contribution in [3.05, 3.63) is 70.3 Å². The number of rotatable bonds is 2. The molecule has 246 valence electrons. The summed E-state index contributed by atoms with van der Waals surface area (Å²) in [5.41, 5.74) is 3.25. The molecule has 5 aliphatic rings. The number of anilines is 1. The van der Waals surface area contributed by atoms with E-state index in [1.807, 2.05) is 18.2 Å². The lowest BCUT2D eigenvalue weighted by atomic mass is 9.68. The number of nitrogens with zero attached hydrogens (tertiary/aromatic N) is 1. The van der Waals surface area contributed by atoms with E-state index < -0.39 is 27.3 Å². The molecule has 1 saturated carbocycles. The van der Waals surface area contributed by atoms with Crippen molar-refractivity contribution in [2.75, 3.05) is 31.2 Å². The average Bonchev–Trinajstić information content (AvgIpc) is 3.35. The minimum Gasteiger partial charge on any atom is -0.490 e. The summed E-state index contributed by atoms with van der Waals surface area (Å²) < 4.78 is 46.8. The summed E-state index contributed by atoms with van der Waals surface area (Å²) >= 11 is 6.42. The van der Waals surface area contributed by atoms with Crippen LogP contribution < -0.4 is 14.4 Å². The summed E-state index contributed by atoms with van der Waals surface area (Å²) in [4.78, 5) is 28.1. The van der Waals surface area contributed by atoms with Crippen LogP contribution >= 0.6 is 11.6 Å². The number of benzene rings is 2. The Labute approximate surface area is 275 Å². The molecule has 0 unspecified atom stereocenters. The Morgan fingerprint density at radius 3 is 2.72 bits per heavy atom. The maximum absolute atomic E-state index is 13.4. The lowest BCUT2D eigenvalue weighted by Crippen LogP contribution is -2.50. The van der Waals surface area contributed by atoms with Crippen molar-refractivity contribution < 1.29 is 32.2 Å². The first kappa shape index (κ1) is 31.5. The maximum atomic E-state index is 13.4. The van der Waals surface area contributed by atoms with E-state index in [1.165, 1.54) is 11.1 Å². The second-order valence-electron chi connectivity index (χ2n) is 13.6. The Balaban J connectivity index is 1.28. The Bertz CT molecular complexity index is 1660. The van der Waals surface area contributed by atoms with Gasteiger partial charge in [0.05, 0.1) is 30.3 Å². The third-order valence-corrected chi connectivity index (χ3v) is 12.7. The van der Waals surface area contributed by atoms with Crippen molar-refractivity contribution in [2.24, 2.45) is 11.8 Å². The molecule has 2 aliphatic carbocycles. The summed E-state index contributed by atoms with van der Waals surface area (Å²) in [6.07, 6.45) is 9.32. The number of carbonyl (C=O) groups is 2.